The highest BCUT2D eigenvalue weighted by atomic mass is 32.2. The van der Waals surface area contributed by atoms with E-state index in [4.69, 9.17) is 0 Å². The lowest BCUT2D eigenvalue weighted by Crippen LogP contribution is -2.35. The van der Waals surface area contributed by atoms with Crippen molar-refractivity contribution in [1.29, 1.82) is 0 Å². The first-order valence-electron chi connectivity index (χ1n) is 6.42. The maximum absolute atomic E-state index is 12.4. The molecule has 1 atom stereocenters. The van der Waals surface area contributed by atoms with Crippen molar-refractivity contribution in [1.82, 2.24) is 9.88 Å². The molecule has 1 N–H and O–H groups in total. The zero-order valence-electron chi connectivity index (χ0n) is 11.6. The summed E-state index contributed by atoms with van der Waals surface area (Å²) in [5, 5.41) is 1.01. The maximum Gasteiger partial charge on any atom is 0.178 e. The summed E-state index contributed by atoms with van der Waals surface area (Å²) in [4.78, 5) is 17.6. The van der Waals surface area contributed by atoms with E-state index in [9.17, 15) is 4.79 Å². The SMILES string of the molecule is CSCC(C)N(C)CC(=O)c1c[nH]c2ccccc12. The Morgan fingerprint density at radius 2 is 2.16 bits per heavy atom. The standard InChI is InChI=1S/C15H20N2OS/c1-11(10-19-3)17(2)9-15(18)13-8-16-14-7-5-4-6-12(13)14/h4-8,11,16H,9-10H2,1-3H3. The molecule has 0 aliphatic heterocycles. The zero-order valence-corrected chi connectivity index (χ0v) is 12.5. The van der Waals surface area contributed by atoms with Gasteiger partial charge in [-0.3, -0.25) is 9.69 Å². The van der Waals surface area contributed by atoms with E-state index in [1.807, 2.05) is 37.5 Å². The van der Waals surface area contributed by atoms with Crippen molar-refractivity contribution < 1.29 is 4.79 Å². The molecule has 0 saturated heterocycles. The normalized spacial score (nSPS) is 13.1. The minimum Gasteiger partial charge on any atom is -0.360 e. The van der Waals surface area contributed by atoms with Crippen LogP contribution in [0.5, 0.6) is 0 Å². The minimum absolute atomic E-state index is 0.174. The van der Waals surface area contributed by atoms with Crippen molar-refractivity contribution in [3.63, 3.8) is 0 Å². The largest absolute Gasteiger partial charge is 0.360 e. The van der Waals surface area contributed by atoms with E-state index < -0.39 is 0 Å². The summed E-state index contributed by atoms with van der Waals surface area (Å²) < 4.78 is 0. The van der Waals surface area contributed by atoms with E-state index in [2.05, 4.69) is 23.1 Å². The molecule has 0 spiro atoms. The summed E-state index contributed by atoms with van der Waals surface area (Å²) in [7, 11) is 2.01. The molecule has 0 amide bonds. The van der Waals surface area contributed by atoms with Crippen LogP contribution in [0.3, 0.4) is 0 Å². The van der Waals surface area contributed by atoms with Gasteiger partial charge in [-0.1, -0.05) is 18.2 Å². The Morgan fingerprint density at radius 1 is 1.42 bits per heavy atom. The van der Waals surface area contributed by atoms with Gasteiger partial charge in [-0.2, -0.15) is 11.8 Å². The first kappa shape index (κ1) is 14.2. The first-order chi connectivity index (χ1) is 9.13. The Balaban J connectivity index is 2.12. The van der Waals surface area contributed by atoms with Gasteiger partial charge in [0.25, 0.3) is 0 Å². The third-order valence-corrected chi connectivity index (χ3v) is 4.26. The third kappa shape index (κ3) is 3.19. The van der Waals surface area contributed by atoms with Crippen molar-refractivity contribution >= 4 is 28.4 Å². The number of ketones is 1. The number of aromatic nitrogens is 1. The molecule has 1 aromatic carbocycles. The summed E-state index contributed by atoms with van der Waals surface area (Å²) in [6.07, 6.45) is 3.91. The molecule has 19 heavy (non-hydrogen) atoms. The summed E-state index contributed by atoms with van der Waals surface area (Å²) in [6, 6.07) is 8.33. The Hall–Kier alpha value is -1.26. The van der Waals surface area contributed by atoms with E-state index >= 15 is 0 Å². The van der Waals surface area contributed by atoms with Crippen LogP contribution in [0.4, 0.5) is 0 Å². The van der Waals surface area contributed by atoms with E-state index in [-0.39, 0.29) is 5.78 Å². The van der Waals surface area contributed by atoms with Crippen LogP contribution >= 0.6 is 11.8 Å². The molecule has 0 aliphatic rings. The number of likely N-dealkylation sites (N-methyl/N-ethyl adjacent to an activating group) is 1. The number of rotatable bonds is 6. The number of carbonyl (C=O) groups excluding carboxylic acids is 1. The van der Waals surface area contributed by atoms with Crippen LogP contribution in [-0.4, -0.2) is 47.3 Å². The summed E-state index contributed by atoms with van der Waals surface area (Å²) in [6.45, 7) is 2.61. The summed E-state index contributed by atoms with van der Waals surface area (Å²) in [5.74, 6) is 1.21. The predicted molar refractivity (Wildman–Crippen MR) is 83.1 cm³/mol. The van der Waals surface area contributed by atoms with E-state index in [1.54, 1.807) is 11.8 Å². The number of hydrogen-bond acceptors (Lipinski definition) is 3. The fraction of sp³-hybridized carbons (Fsp3) is 0.400. The number of nitrogens with one attached hydrogen (secondary N) is 1. The van der Waals surface area contributed by atoms with Crippen LogP contribution < -0.4 is 0 Å². The van der Waals surface area contributed by atoms with Crippen LogP contribution in [0.1, 0.15) is 17.3 Å². The van der Waals surface area contributed by atoms with Gasteiger partial charge in [-0.15, -0.1) is 0 Å². The Morgan fingerprint density at radius 3 is 2.89 bits per heavy atom. The van der Waals surface area contributed by atoms with Crippen molar-refractivity contribution in [3.05, 3.63) is 36.0 Å². The molecule has 2 aromatic rings. The quantitative estimate of drug-likeness (QED) is 0.824. The predicted octanol–water partition coefficient (Wildman–Crippen LogP) is 3.03. The molecule has 2 rings (SSSR count). The smallest absolute Gasteiger partial charge is 0.178 e. The number of benzene rings is 1. The molecule has 4 heteroatoms. The molecular formula is C15H20N2OS. The van der Waals surface area contributed by atoms with Gasteiger partial charge in [-0.05, 0) is 26.3 Å². The molecule has 102 valence electrons. The van der Waals surface area contributed by atoms with Gasteiger partial charge in [-0.25, -0.2) is 0 Å². The number of thioether (sulfide) groups is 1. The molecule has 1 aromatic heterocycles. The van der Waals surface area contributed by atoms with Gasteiger partial charge in [0.15, 0.2) is 5.78 Å². The molecule has 1 unspecified atom stereocenters. The van der Waals surface area contributed by atoms with Gasteiger partial charge in [0.05, 0.1) is 6.54 Å². The summed E-state index contributed by atoms with van der Waals surface area (Å²) in [5.41, 5.74) is 1.81. The second-order valence-corrected chi connectivity index (χ2v) is 5.80. The Kier molecular flexibility index (Phi) is 4.66. The minimum atomic E-state index is 0.174. The van der Waals surface area contributed by atoms with Crippen LogP contribution in [0.15, 0.2) is 30.5 Å². The number of H-pyrrole nitrogens is 1. The second kappa shape index (κ2) is 6.26. The molecule has 0 aliphatic carbocycles. The van der Waals surface area contributed by atoms with Crippen molar-refractivity contribution in [3.8, 4) is 0 Å². The number of nitrogens with zero attached hydrogens (tertiary/aromatic N) is 1. The van der Waals surface area contributed by atoms with Crippen LogP contribution in [0.25, 0.3) is 10.9 Å². The van der Waals surface area contributed by atoms with Gasteiger partial charge in [0, 0.05) is 34.5 Å². The Bertz CT molecular complexity index is 564. The number of fused-ring (bicyclic) bond motifs is 1. The van der Waals surface area contributed by atoms with Crippen molar-refractivity contribution in [2.45, 2.75) is 13.0 Å². The molecule has 1 heterocycles. The number of aromatic amines is 1. The number of para-hydroxylation sites is 1. The van der Waals surface area contributed by atoms with Gasteiger partial charge >= 0.3 is 0 Å². The lowest BCUT2D eigenvalue weighted by Gasteiger charge is -2.22. The zero-order chi connectivity index (χ0) is 13.8. The topological polar surface area (TPSA) is 36.1 Å². The fourth-order valence-electron chi connectivity index (χ4n) is 2.14. The molecular weight excluding hydrogens is 256 g/mol. The third-order valence-electron chi connectivity index (χ3n) is 3.44. The van der Waals surface area contributed by atoms with Gasteiger partial charge in [0.1, 0.15) is 0 Å². The van der Waals surface area contributed by atoms with Crippen LogP contribution in [-0.2, 0) is 0 Å². The molecule has 0 bridgehead atoms. The molecule has 0 saturated carbocycles. The highest BCUT2D eigenvalue weighted by Crippen LogP contribution is 2.18. The number of Topliss-reactive ketones (excluding diaryl/α,β-unsaturated/α-hetero) is 1. The van der Waals surface area contributed by atoms with E-state index in [0.29, 0.717) is 12.6 Å². The summed E-state index contributed by atoms with van der Waals surface area (Å²) >= 11 is 1.81. The lowest BCUT2D eigenvalue weighted by molar-refractivity contribution is 0.0932. The highest BCUT2D eigenvalue weighted by Gasteiger charge is 2.16. The number of carbonyl (C=O) groups is 1. The van der Waals surface area contributed by atoms with Crippen LogP contribution in [0, 0.1) is 0 Å². The highest BCUT2D eigenvalue weighted by molar-refractivity contribution is 7.98. The average Bonchev–Trinajstić information content (AvgIpc) is 2.82. The van der Waals surface area contributed by atoms with E-state index in [0.717, 1.165) is 22.2 Å². The van der Waals surface area contributed by atoms with E-state index in [1.165, 1.54) is 0 Å². The molecule has 0 fully saturated rings. The fourth-order valence-corrected chi connectivity index (χ4v) is 2.88. The first-order valence-corrected chi connectivity index (χ1v) is 7.81. The molecule has 3 nitrogen and oxygen atoms in total. The van der Waals surface area contributed by atoms with Crippen LogP contribution in [0.2, 0.25) is 0 Å². The monoisotopic (exact) mass is 276 g/mol. The lowest BCUT2D eigenvalue weighted by atomic mass is 10.1. The maximum atomic E-state index is 12.4. The van der Waals surface area contributed by atoms with Crippen molar-refractivity contribution in [2.75, 3.05) is 25.6 Å². The second-order valence-electron chi connectivity index (χ2n) is 4.89. The average molecular weight is 276 g/mol. The Labute approximate surface area is 118 Å². The number of hydrogen-bond donors (Lipinski definition) is 1. The molecule has 0 radical (unpaired) electrons. The van der Waals surface area contributed by atoms with Gasteiger partial charge in [0.2, 0.25) is 0 Å². The van der Waals surface area contributed by atoms with Gasteiger partial charge < -0.3 is 4.98 Å². The van der Waals surface area contributed by atoms with Crippen molar-refractivity contribution in [2.24, 2.45) is 0 Å².